The summed E-state index contributed by atoms with van der Waals surface area (Å²) in [5.41, 5.74) is 2.94. The van der Waals surface area contributed by atoms with Crippen LogP contribution in [0.4, 0.5) is 5.69 Å². The van der Waals surface area contributed by atoms with Crippen LogP contribution in [0.2, 0.25) is 0 Å². The molecule has 0 unspecified atom stereocenters. The van der Waals surface area contributed by atoms with E-state index in [1.807, 2.05) is 37.3 Å². The Hall–Kier alpha value is -3.68. The molecule has 0 aliphatic heterocycles. The largest absolute Gasteiger partial charge is 0.361 e. The van der Waals surface area contributed by atoms with Crippen LogP contribution in [0.1, 0.15) is 30.0 Å². The zero-order valence-corrected chi connectivity index (χ0v) is 15.6. The summed E-state index contributed by atoms with van der Waals surface area (Å²) in [5, 5.41) is 15.6. The van der Waals surface area contributed by atoms with Crippen molar-refractivity contribution in [3.8, 4) is 11.1 Å². The molecular weight excluding hydrogens is 360 g/mol. The third kappa shape index (κ3) is 2.70. The molecule has 4 aromatic rings. The number of nitro groups is 1. The summed E-state index contributed by atoms with van der Waals surface area (Å²) in [6.07, 6.45) is 0. The van der Waals surface area contributed by atoms with Gasteiger partial charge in [-0.2, -0.15) is 0 Å². The van der Waals surface area contributed by atoms with Crippen LogP contribution in [0.25, 0.3) is 22.2 Å². The smallest absolute Gasteiger partial charge is 0.327 e. The maximum Gasteiger partial charge on any atom is 0.327 e. The summed E-state index contributed by atoms with van der Waals surface area (Å²) in [6, 6.07) is 12.4. The van der Waals surface area contributed by atoms with Crippen LogP contribution < -0.4 is 5.69 Å². The topological polar surface area (TPSA) is 107 Å². The fraction of sp³-hybridized carbons (Fsp3) is 0.200. The van der Waals surface area contributed by atoms with Gasteiger partial charge in [-0.05, 0) is 38.0 Å². The molecule has 28 heavy (non-hydrogen) atoms. The van der Waals surface area contributed by atoms with Crippen LogP contribution in [0.5, 0.6) is 0 Å². The highest BCUT2D eigenvalue weighted by atomic mass is 16.6. The number of non-ortho nitro benzene ring substituents is 1. The van der Waals surface area contributed by atoms with Gasteiger partial charge >= 0.3 is 5.69 Å². The van der Waals surface area contributed by atoms with E-state index in [-0.39, 0.29) is 17.2 Å². The maximum atomic E-state index is 12.7. The van der Waals surface area contributed by atoms with Crippen LogP contribution in [0.3, 0.4) is 0 Å². The Morgan fingerprint density at radius 2 is 1.93 bits per heavy atom. The number of aromatic amines is 1. The number of benzene rings is 2. The minimum Gasteiger partial charge on any atom is -0.361 e. The SMILES string of the molecule is Cc1noc(C)c1-c1cc([N+](=O)[O-])c2[nH]c(=O)n([C@H](C)c3ccccc3)c2c1. The monoisotopic (exact) mass is 378 g/mol. The summed E-state index contributed by atoms with van der Waals surface area (Å²) >= 11 is 0. The van der Waals surface area contributed by atoms with E-state index >= 15 is 0 Å². The van der Waals surface area contributed by atoms with Gasteiger partial charge in [-0.1, -0.05) is 35.5 Å². The van der Waals surface area contributed by atoms with Gasteiger partial charge in [-0.15, -0.1) is 0 Å². The molecular formula is C20H18N4O4. The lowest BCUT2D eigenvalue weighted by molar-refractivity contribution is -0.383. The lowest BCUT2D eigenvalue weighted by Crippen LogP contribution is -2.21. The van der Waals surface area contributed by atoms with Gasteiger partial charge in [-0.25, -0.2) is 4.79 Å². The molecule has 0 fully saturated rings. The average molecular weight is 378 g/mol. The zero-order valence-electron chi connectivity index (χ0n) is 15.6. The van der Waals surface area contributed by atoms with Crippen LogP contribution in [-0.2, 0) is 0 Å². The van der Waals surface area contributed by atoms with E-state index < -0.39 is 10.6 Å². The minimum absolute atomic E-state index is 0.163. The van der Waals surface area contributed by atoms with Crippen molar-refractivity contribution in [3.05, 3.63) is 80.1 Å². The van der Waals surface area contributed by atoms with E-state index in [4.69, 9.17) is 4.52 Å². The number of hydrogen-bond acceptors (Lipinski definition) is 5. The number of hydrogen-bond donors (Lipinski definition) is 1. The van der Waals surface area contributed by atoms with E-state index in [1.54, 1.807) is 24.5 Å². The molecule has 142 valence electrons. The minimum atomic E-state index is -0.489. The molecule has 2 heterocycles. The first-order valence-corrected chi connectivity index (χ1v) is 8.79. The van der Waals surface area contributed by atoms with Crippen molar-refractivity contribution in [3.63, 3.8) is 0 Å². The van der Waals surface area contributed by atoms with Crippen LogP contribution in [0.15, 0.2) is 51.8 Å². The number of fused-ring (bicyclic) bond motifs is 1. The second-order valence-corrected chi connectivity index (χ2v) is 6.73. The number of nitrogens with one attached hydrogen (secondary N) is 1. The Bertz CT molecular complexity index is 1230. The van der Waals surface area contributed by atoms with Crippen molar-refractivity contribution in [1.29, 1.82) is 0 Å². The quantitative estimate of drug-likeness (QED) is 0.425. The van der Waals surface area contributed by atoms with Gasteiger partial charge < -0.3 is 4.52 Å². The summed E-state index contributed by atoms with van der Waals surface area (Å²) in [5.74, 6) is 0.562. The highest BCUT2D eigenvalue weighted by molar-refractivity contribution is 5.91. The molecule has 0 bridgehead atoms. The molecule has 0 saturated heterocycles. The fourth-order valence-electron chi connectivity index (χ4n) is 3.66. The first-order valence-electron chi connectivity index (χ1n) is 8.79. The van der Waals surface area contributed by atoms with Crippen LogP contribution in [0, 0.1) is 24.0 Å². The van der Waals surface area contributed by atoms with Gasteiger partial charge in [-0.3, -0.25) is 19.7 Å². The van der Waals surface area contributed by atoms with Gasteiger partial charge in [0.15, 0.2) is 0 Å². The second kappa shape index (κ2) is 6.49. The van der Waals surface area contributed by atoms with Crippen molar-refractivity contribution in [2.24, 2.45) is 0 Å². The van der Waals surface area contributed by atoms with E-state index in [2.05, 4.69) is 10.1 Å². The van der Waals surface area contributed by atoms with Gasteiger partial charge in [0.1, 0.15) is 11.3 Å². The molecule has 8 heteroatoms. The highest BCUT2D eigenvalue weighted by Gasteiger charge is 2.24. The van der Waals surface area contributed by atoms with Gasteiger partial charge in [0, 0.05) is 11.6 Å². The van der Waals surface area contributed by atoms with Crippen molar-refractivity contribution >= 4 is 16.7 Å². The standard InChI is InChI=1S/C20H18N4O4/c1-11-18(13(3)28-22-11)15-9-16-19(17(10-15)24(26)27)21-20(25)23(16)12(2)14-7-5-4-6-8-14/h4-10,12H,1-3H3,(H,21,25)/t12-/m1/s1. The summed E-state index contributed by atoms with van der Waals surface area (Å²) in [4.78, 5) is 26.6. The molecule has 1 N–H and O–H groups in total. The molecule has 2 aromatic carbocycles. The Labute approximate surface area is 159 Å². The molecule has 0 amide bonds. The number of H-pyrrole nitrogens is 1. The number of aryl methyl sites for hydroxylation is 2. The Kier molecular flexibility index (Phi) is 4.11. The maximum absolute atomic E-state index is 12.7. The van der Waals surface area contributed by atoms with E-state index in [9.17, 15) is 14.9 Å². The average Bonchev–Trinajstić information content (AvgIpc) is 3.19. The number of rotatable bonds is 4. The van der Waals surface area contributed by atoms with E-state index in [1.165, 1.54) is 6.07 Å². The molecule has 8 nitrogen and oxygen atoms in total. The summed E-state index contributed by atoms with van der Waals surface area (Å²) in [7, 11) is 0. The van der Waals surface area contributed by atoms with Crippen molar-refractivity contribution in [2.75, 3.05) is 0 Å². The summed E-state index contributed by atoms with van der Waals surface area (Å²) in [6.45, 7) is 5.42. The lowest BCUT2D eigenvalue weighted by atomic mass is 10.0. The third-order valence-corrected chi connectivity index (χ3v) is 5.00. The van der Waals surface area contributed by atoms with Crippen molar-refractivity contribution in [1.82, 2.24) is 14.7 Å². The normalized spacial score (nSPS) is 12.4. The Balaban J connectivity index is 2.04. The molecule has 0 aliphatic carbocycles. The third-order valence-electron chi connectivity index (χ3n) is 5.00. The molecule has 2 aromatic heterocycles. The molecule has 0 aliphatic rings. The van der Waals surface area contributed by atoms with Gasteiger partial charge in [0.05, 0.1) is 22.2 Å². The Morgan fingerprint density at radius 3 is 2.54 bits per heavy atom. The van der Waals surface area contributed by atoms with Crippen molar-refractivity contribution in [2.45, 2.75) is 26.8 Å². The first kappa shape index (κ1) is 17.7. The van der Waals surface area contributed by atoms with Crippen LogP contribution in [-0.4, -0.2) is 19.6 Å². The molecule has 0 spiro atoms. The van der Waals surface area contributed by atoms with Gasteiger partial charge in [0.25, 0.3) is 5.69 Å². The highest BCUT2D eigenvalue weighted by Crippen LogP contribution is 2.35. The molecule has 4 rings (SSSR count). The number of aromatic nitrogens is 3. The predicted octanol–water partition coefficient (Wildman–Crippen LogP) is 4.12. The van der Waals surface area contributed by atoms with Crippen molar-refractivity contribution < 1.29 is 9.45 Å². The van der Waals surface area contributed by atoms with E-state index in [0.717, 1.165) is 5.56 Å². The fourth-order valence-corrected chi connectivity index (χ4v) is 3.66. The van der Waals surface area contributed by atoms with Gasteiger partial charge in [0.2, 0.25) is 0 Å². The first-order chi connectivity index (χ1) is 13.4. The number of nitro benzene ring substituents is 1. The number of nitrogens with zero attached hydrogens (tertiary/aromatic N) is 3. The molecule has 1 atom stereocenters. The number of imidazole rings is 1. The van der Waals surface area contributed by atoms with Crippen LogP contribution >= 0.6 is 0 Å². The zero-order chi connectivity index (χ0) is 20.0. The van der Waals surface area contributed by atoms with E-state index in [0.29, 0.717) is 28.1 Å². The second-order valence-electron chi connectivity index (χ2n) is 6.73. The molecule has 0 saturated carbocycles. The summed E-state index contributed by atoms with van der Waals surface area (Å²) < 4.78 is 6.76. The molecule has 0 radical (unpaired) electrons. The lowest BCUT2D eigenvalue weighted by Gasteiger charge is -2.14. The Morgan fingerprint density at radius 1 is 1.21 bits per heavy atom. The predicted molar refractivity (Wildman–Crippen MR) is 104 cm³/mol.